The van der Waals surface area contributed by atoms with Gasteiger partial charge in [-0.25, -0.2) is 0 Å². The van der Waals surface area contributed by atoms with E-state index in [0.29, 0.717) is 6.42 Å². The molecule has 0 aromatic rings. The summed E-state index contributed by atoms with van der Waals surface area (Å²) in [4.78, 5) is 21.0. The standard InChI is InChI=1S/C8H10F3NO3/c9-8(10,11)7(15)12-5-2-1-4(3-5)6(13)14/h4-5H,1-3H2,(H,12,15)(H,13,14)/t4-,5+/m1/s1. The maximum Gasteiger partial charge on any atom is 0.471 e. The van der Waals surface area contributed by atoms with Crippen molar-refractivity contribution in [2.45, 2.75) is 31.5 Å². The summed E-state index contributed by atoms with van der Waals surface area (Å²) in [6.07, 6.45) is -4.25. The number of amides is 1. The van der Waals surface area contributed by atoms with Crippen LogP contribution >= 0.6 is 0 Å². The summed E-state index contributed by atoms with van der Waals surface area (Å²) in [6.45, 7) is 0. The van der Waals surface area contributed by atoms with Crippen LogP contribution in [0.15, 0.2) is 0 Å². The van der Waals surface area contributed by atoms with Crippen molar-refractivity contribution >= 4 is 11.9 Å². The third-order valence-corrected chi connectivity index (χ3v) is 2.37. The monoisotopic (exact) mass is 225 g/mol. The number of carboxylic acid groups (broad SMARTS) is 1. The second-order valence-electron chi connectivity index (χ2n) is 3.52. The lowest BCUT2D eigenvalue weighted by Gasteiger charge is -2.13. The number of halogens is 3. The van der Waals surface area contributed by atoms with Crippen molar-refractivity contribution in [3.63, 3.8) is 0 Å². The lowest BCUT2D eigenvalue weighted by atomic mass is 10.1. The number of hydrogen-bond donors (Lipinski definition) is 2. The maximum absolute atomic E-state index is 11.8. The number of aliphatic carboxylic acids is 1. The molecule has 1 saturated carbocycles. The Bertz CT molecular complexity index is 277. The van der Waals surface area contributed by atoms with Crippen molar-refractivity contribution in [3.05, 3.63) is 0 Å². The fraction of sp³-hybridized carbons (Fsp3) is 0.750. The van der Waals surface area contributed by atoms with Gasteiger partial charge in [-0.15, -0.1) is 0 Å². The zero-order valence-corrected chi connectivity index (χ0v) is 7.67. The van der Waals surface area contributed by atoms with Crippen LogP contribution in [0, 0.1) is 5.92 Å². The second kappa shape index (κ2) is 4.08. The minimum Gasteiger partial charge on any atom is -0.481 e. The van der Waals surface area contributed by atoms with E-state index in [1.165, 1.54) is 0 Å². The largest absolute Gasteiger partial charge is 0.481 e. The predicted molar refractivity (Wildman–Crippen MR) is 43.0 cm³/mol. The molecule has 1 fully saturated rings. The summed E-state index contributed by atoms with van der Waals surface area (Å²) in [5, 5.41) is 10.4. The van der Waals surface area contributed by atoms with Crippen LogP contribution in [-0.4, -0.2) is 29.2 Å². The number of alkyl halides is 3. The SMILES string of the molecule is O=C(O)[C@@H]1CC[C@H](NC(=O)C(F)(F)F)C1. The zero-order chi connectivity index (χ0) is 11.6. The number of nitrogens with one attached hydrogen (secondary N) is 1. The Morgan fingerprint density at radius 2 is 1.87 bits per heavy atom. The zero-order valence-electron chi connectivity index (χ0n) is 7.67. The molecule has 0 aliphatic heterocycles. The van der Waals surface area contributed by atoms with E-state index in [-0.39, 0.29) is 12.8 Å². The number of carbonyl (C=O) groups is 2. The smallest absolute Gasteiger partial charge is 0.471 e. The van der Waals surface area contributed by atoms with E-state index in [9.17, 15) is 22.8 Å². The molecule has 0 radical (unpaired) electrons. The molecule has 0 bridgehead atoms. The Labute approximate surface area is 83.5 Å². The van der Waals surface area contributed by atoms with E-state index in [4.69, 9.17) is 5.11 Å². The minimum absolute atomic E-state index is 0.0666. The predicted octanol–water partition coefficient (Wildman–Crippen LogP) is 0.918. The van der Waals surface area contributed by atoms with Gasteiger partial charge in [0.1, 0.15) is 0 Å². The van der Waals surface area contributed by atoms with E-state index < -0.39 is 30.0 Å². The van der Waals surface area contributed by atoms with Crippen LogP contribution < -0.4 is 5.32 Å². The third kappa shape index (κ3) is 3.10. The number of rotatable bonds is 2. The average Bonchev–Trinajstić information content (AvgIpc) is 2.50. The molecule has 2 N–H and O–H groups in total. The van der Waals surface area contributed by atoms with Crippen LogP contribution in [0.4, 0.5) is 13.2 Å². The summed E-state index contributed by atoms with van der Waals surface area (Å²) in [5.41, 5.74) is 0. The van der Waals surface area contributed by atoms with Gasteiger partial charge in [0.05, 0.1) is 5.92 Å². The molecular weight excluding hydrogens is 215 g/mol. The molecule has 0 unspecified atom stereocenters. The lowest BCUT2D eigenvalue weighted by Crippen LogP contribution is -2.42. The van der Waals surface area contributed by atoms with E-state index in [2.05, 4.69) is 0 Å². The molecule has 1 amide bonds. The first kappa shape index (κ1) is 11.8. The van der Waals surface area contributed by atoms with Crippen LogP contribution in [0.25, 0.3) is 0 Å². The molecule has 1 rings (SSSR count). The van der Waals surface area contributed by atoms with Crippen molar-refractivity contribution in [2.75, 3.05) is 0 Å². The summed E-state index contributed by atoms with van der Waals surface area (Å²) in [5.74, 6) is -3.68. The van der Waals surface area contributed by atoms with Gasteiger partial charge >= 0.3 is 18.1 Å². The molecule has 2 atom stereocenters. The van der Waals surface area contributed by atoms with Gasteiger partial charge in [0.25, 0.3) is 0 Å². The Kier molecular flexibility index (Phi) is 3.21. The fourth-order valence-electron chi connectivity index (χ4n) is 1.60. The summed E-state index contributed by atoms with van der Waals surface area (Å²) in [6, 6.07) is -0.680. The van der Waals surface area contributed by atoms with Crippen LogP contribution in [0.3, 0.4) is 0 Å². The highest BCUT2D eigenvalue weighted by Crippen LogP contribution is 2.26. The molecule has 0 saturated heterocycles. The van der Waals surface area contributed by atoms with E-state index in [1.807, 2.05) is 0 Å². The minimum atomic E-state index is -4.90. The van der Waals surface area contributed by atoms with Gasteiger partial charge < -0.3 is 10.4 Å². The van der Waals surface area contributed by atoms with Gasteiger partial charge in [-0.05, 0) is 19.3 Å². The summed E-state index contributed by atoms with van der Waals surface area (Å²) in [7, 11) is 0. The third-order valence-electron chi connectivity index (χ3n) is 2.37. The molecule has 0 heterocycles. The highest BCUT2D eigenvalue weighted by Gasteiger charge is 2.41. The molecule has 1 aliphatic carbocycles. The second-order valence-corrected chi connectivity index (χ2v) is 3.52. The number of carbonyl (C=O) groups excluding carboxylic acids is 1. The van der Waals surface area contributed by atoms with Crippen molar-refractivity contribution in [3.8, 4) is 0 Å². The van der Waals surface area contributed by atoms with Gasteiger partial charge in [-0.2, -0.15) is 13.2 Å². The fourth-order valence-corrected chi connectivity index (χ4v) is 1.60. The Hall–Kier alpha value is -1.27. The van der Waals surface area contributed by atoms with Gasteiger partial charge in [-0.3, -0.25) is 9.59 Å². The molecule has 4 nitrogen and oxygen atoms in total. The molecule has 0 aromatic carbocycles. The van der Waals surface area contributed by atoms with Crippen molar-refractivity contribution in [1.82, 2.24) is 5.32 Å². The number of hydrogen-bond acceptors (Lipinski definition) is 2. The molecule has 1 aliphatic rings. The van der Waals surface area contributed by atoms with Crippen molar-refractivity contribution in [1.29, 1.82) is 0 Å². The van der Waals surface area contributed by atoms with Crippen molar-refractivity contribution < 1.29 is 27.9 Å². The first-order valence-corrected chi connectivity index (χ1v) is 4.41. The summed E-state index contributed by atoms with van der Waals surface area (Å²) >= 11 is 0. The normalized spacial score (nSPS) is 26.3. The van der Waals surface area contributed by atoms with Crippen LogP contribution in [0.5, 0.6) is 0 Å². The lowest BCUT2D eigenvalue weighted by molar-refractivity contribution is -0.174. The van der Waals surface area contributed by atoms with Crippen molar-refractivity contribution in [2.24, 2.45) is 5.92 Å². The maximum atomic E-state index is 11.8. The van der Waals surface area contributed by atoms with Gasteiger partial charge in [0, 0.05) is 6.04 Å². The Morgan fingerprint density at radius 3 is 2.27 bits per heavy atom. The van der Waals surface area contributed by atoms with Crippen LogP contribution in [0.2, 0.25) is 0 Å². The highest BCUT2D eigenvalue weighted by molar-refractivity contribution is 5.82. The molecule has 15 heavy (non-hydrogen) atoms. The first-order valence-electron chi connectivity index (χ1n) is 4.41. The van der Waals surface area contributed by atoms with Crippen LogP contribution in [0.1, 0.15) is 19.3 Å². The average molecular weight is 225 g/mol. The highest BCUT2D eigenvalue weighted by atomic mass is 19.4. The Balaban J connectivity index is 2.43. The van der Waals surface area contributed by atoms with Gasteiger partial charge in [-0.1, -0.05) is 0 Å². The Morgan fingerprint density at radius 1 is 1.27 bits per heavy atom. The van der Waals surface area contributed by atoms with E-state index >= 15 is 0 Å². The molecule has 7 heteroatoms. The van der Waals surface area contributed by atoms with E-state index in [1.54, 1.807) is 5.32 Å². The van der Waals surface area contributed by atoms with Crippen LogP contribution in [-0.2, 0) is 9.59 Å². The quantitative estimate of drug-likeness (QED) is 0.734. The van der Waals surface area contributed by atoms with E-state index in [0.717, 1.165) is 0 Å². The topological polar surface area (TPSA) is 66.4 Å². The molecule has 0 aromatic heterocycles. The summed E-state index contributed by atoms with van der Waals surface area (Å²) < 4.78 is 35.5. The van der Waals surface area contributed by atoms with Gasteiger partial charge in [0.15, 0.2) is 0 Å². The number of carboxylic acids is 1. The first-order chi connectivity index (χ1) is 6.80. The molecule has 86 valence electrons. The molecule has 0 spiro atoms. The van der Waals surface area contributed by atoms with Gasteiger partial charge in [0.2, 0.25) is 0 Å². The molecular formula is C8H10F3NO3.